The highest BCUT2D eigenvalue weighted by Crippen LogP contribution is 2.28. The summed E-state index contributed by atoms with van der Waals surface area (Å²) in [6.45, 7) is 1.38. The lowest BCUT2D eigenvalue weighted by molar-refractivity contribution is -0.141. The number of amides is 2. The number of carboxylic acids is 1. The predicted octanol–water partition coefficient (Wildman–Crippen LogP) is 1.75. The molecular formula is C20H28N2O5. The van der Waals surface area contributed by atoms with Gasteiger partial charge in [-0.2, -0.15) is 0 Å². The van der Waals surface area contributed by atoms with E-state index in [4.69, 9.17) is 4.74 Å². The van der Waals surface area contributed by atoms with Crippen LogP contribution in [-0.2, 0) is 20.8 Å². The van der Waals surface area contributed by atoms with Crippen molar-refractivity contribution in [1.29, 1.82) is 0 Å². The summed E-state index contributed by atoms with van der Waals surface area (Å²) in [5.74, 6) is -1.62. The van der Waals surface area contributed by atoms with Gasteiger partial charge < -0.3 is 20.5 Å². The van der Waals surface area contributed by atoms with Gasteiger partial charge in [-0.05, 0) is 36.8 Å². The molecule has 7 heteroatoms. The summed E-state index contributed by atoms with van der Waals surface area (Å²) in [6.07, 6.45) is 4.11. The number of para-hydroxylation sites is 1. The van der Waals surface area contributed by atoms with Gasteiger partial charge >= 0.3 is 5.97 Å². The molecule has 1 saturated carbocycles. The first-order valence-corrected chi connectivity index (χ1v) is 9.32. The van der Waals surface area contributed by atoms with E-state index >= 15 is 0 Å². The first-order chi connectivity index (χ1) is 12.9. The highest BCUT2D eigenvalue weighted by atomic mass is 16.5. The van der Waals surface area contributed by atoms with Crippen molar-refractivity contribution in [3.8, 4) is 5.75 Å². The second-order valence-electron chi connectivity index (χ2n) is 7.02. The van der Waals surface area contributed by atoms with Crippen LogP contribution in [0.5, 0.6) is 5.75 Å². The van der Waals surface area contributed by atoms with Crippen molar-refractivity contribution >= 4 is 17.8 Å². The molecule has 1 aromatic rings. The van der Waals surface area contributed by atoms with E-state index in [0.717, 1.165) is 31.2 Å². The van der Waals surface area contributed by atoms with Crippen molar-refractivity contribution in [3.63, 3.8) is 0 Å². The highest BCUT2D eigenvalue weighted by molar-refractivity contribution is 5.87. The SMILES string of the molecule is COc1ccccc1CC(CNC(=O)C(NC(C)=O)C1CCCC1)C(=O)O. The second kappa shape index (κ2) is 9.94. The lowest BCUT2D eigenvalue weighted by Gasteiger charge is -2.24. The molecule has 0 spiro atoms. The first-order valence-electron chi connectivity index (χ1n) is 9.32. The summed E-state index contributed by atoms with van der Waals surface area (Å²) in [7, 11) is 1.54. The summed E-state index contributed by atoms with van der Waals surface area (Å²) in [5.41, 5.74) is 0.774. The summed E-state index contributed by atoms with van der Waals surface area (Å²) in [6, 6.07) is 6.63. The molecule has 0 bridgehead atoms. The number of nitrogens with one attached hydrogen (secondary N) is 2. The minimum absolute atomic E-state index is 0.00494. The highest BCUT2D eigenvalue weighted by Gasteiger charge is 2.32. The van der Waals surface area contributed by atoms with E-state index in [0.29, 0.717) is 5.75 Å². The Balaban J connectivity index is 2.01. The average Bonchev–Trinajstić information content (AvgIpc) is 3.17. The number of rotatable bonds is 9. The first kappa shape index (κ1) is 20.7. The molecule has 1 fully saturated rings. The normalized spacial score (nSPS) is 16.4. The van der Waals surface area contributed by atoms with Gasteiger partial charge in [0.05, 0.1) is 13.0 Å². The molecular weight excluding hydrogens is 348 g/mol. The molecule has 2 unspecified atom stereocenters. The van der Waals surface area contributed by atoms with Crippen LogP contribution in [0.4, 0.5) is 0 Å². The van der Waals surface area contributed by atoms with Crippen molar-refractivity contribution in [2.45, 2.75) is 45.1 Å². The van der Waals surface area contributed by atoms with E-state index < -0.39 is 17.9 Å². The minimum Gasteiger partial charge on any atom is -0.496 e. The van der Waals surface area contributed by atoms with E-state index in [1.807, 2.05) is 18.2 Å². The molecule has 0 radical (unpaired) electrons. The average molecular weight is 376 g/mol. The Kier molecular flexibility index (Phi) is 7.64. The third kappa shape index (κ3) is 5.98. The van der Waals surface area contributed by atoms with Gasteiger partial charge in [0.15, 0.2) is 0 Å². The van der Waals surface area contributed by atoms with Gasteiger partial charge in [-0.15, -0.1) is 0 Å². The largest absolute Gasteiger partial charge is 0.496 e. The van der Waals surface area contributed by atoms with Crippen molar-refractivity contribution in [3.05, 3.63) is 29.8 Å². The zero-order valence-electron chi connectivity index (χ0n) is 15.9. The summed E-state index contributed by atoms with van der Waals surface area (Å²) in [4.78, 5) is 35.8. The van der Waals surface area contributed by atoms with Crippen molar-refractivity contribution in [2.75, 3.05) is 13.7 Å². The molecule has 1 aliphatic rings. The number of hydrogen-bond donors (Lipinski definition) is 3. The monoisotopic (exact) mass is 376 g/mol. The maximum Gasteiger partial charge on any atom is 0.308 e. The van der Waals surface area contributed by atoms with Gasteiger partial charge in [-0.25, -0.2) is 0 Å². The van der Waals surface area contributed by atoms with E-state index in [1.54, 1.807) is 6.07 Å². The van der Waals surface area contributed by atoms with Crippen LogP contribution in [0, 0.1) is 11.8 Å². The second-order valence-corrected chi connectivity index (χ2v) is 7.02. The van der Waals surface area contributed by atoms with Crippen LogP contribution in [0.3, 0.4) is 0 Å². The maximum absolute atomic E-state index is 12.6. The fraction of sp³-hybridized carbons (Fsp3) is 0.550. The minimum atomic E-state index is -0.988. The van der Waals surface area contributed by atoms with Crippen LogP contribution < -0.4 is 15.4 Å². The maximum atomic E-state index is 12.6. The van der Waals surface area contributed by atoms with E-state index in [1.165, 1.54) is 14.0 Å². The van der Waals surface area contributed by atoms with Crippen LogP contribution in [0.25, 0.3) is 0 Å². The predicted molar refractivity (Wildman–Crippen MR) is 100 cm³/mol. The third-order valence-electron chi connectivity index (χ3n) is 5.04. The molecule has 3 N–H and O–H groups in total. The molecule has 1 aliphatic carbocycles. The van der Waals surface area contributed by atoms with Crippen LogP contribution in [0.1, 0.15) is 38.2 Å². The van der Waals surface area contributed by atoms with Crippen molar-refractivity contribution < 1.29 is 24.2 Å². The van der Waals surface area contributed by atoms with E-state index in [9.17, 15) is 19.5 Å². The fourth-order valence-corrected chi connectivity index (χ4v) is 3.62. The lowest BCUT2D eigenvalue weighted by Crippen LogP contribution is -2.51. The molecule has 27 heavy (non-hydrogen) atoms. The zero-order valence-corrected chi connectivity index (χ0v) is 15.9. The van der Waals surface area contributed by atoms with Crippen LogP contribution >= 0.6 is 0 Å². The number of carboxylic acid groups (broad SMARTS) is 1. The molecule has 0 aromatic heterocycles. The molecule has 0 heterocycles. The summed E-state index contributed by atoms with van der Waals surface area (Å²) in [5, 5.41) is 15.0. The quantitative estimate of drug-likeness (QED) is 0.609. The number of aliphatic carboxylic acids is 1. The van der Waals surface area contributed by atoms with Gasteiger partial charge in [-0.3, -0.25) is 14.4 Å². The zero-order chi connectivity index (χ0) is 19.8. The van der Waals surface area contributed by atoms with Crippen LogP contribution in [0.2, 0.25) is 0 Å². The molecule has 2 atom stereocenters. The number of carbonyl (C=O) groups excluding carboxylic acids is 2. The number of ether oxygens (including phenoxy) is 1. The van der Waals surface area contributed by atoms with Gasteiger partial charge in [0, 0.05) is 13.5 Å². The molecule has 1 aromatic carbocycles. The fourth-order valence-electron chi connectivity index (χ4n) is 3.62. The molecule has 148 valence electrons. The Morgan fingerprint density at radius 1 is 1.22 bits per heavy atom. The number of benzene rings is 1. The Labute approximate surface area is 159 Å². The van der Waals surface area contributed by atoms with Crippen LogP contribution in [0.15, 0.2) is 24.3 Å². The molecule has 2 rings (SSSR count). The lowest BCUT2D eigenvalue weighted by atomic mass is 9.96. The summed E-state index contributed by atoms with van der Waals surface area (Å²) >= 11 is 0. The van der Waals surface area contributed by atoms with E-state index in [2.05, 4.69) is 10.6 Å². The number of methoxy groups -OCH3 is 1. The number of hydrogen-bond acceptors (Lipinski definition) is 4. The number of carbonyl (C=O) groups is 3. The van der Waals surface area contributed by atoms with Gasteiger partial charge in [-0.1, -0.05) is 31.0 Å². The topological polar surface area (TPSA) is 105 Å². The van der Waals surface area contributed by atoms with Gasteiger partial charge in [0.1, 0.15) is 11.8 Å². The Hall–Kier alpha value is -2.57. The molecule has 7 nitrogen and oxygen atoms in total. The Morgan fingerprint density at radius 2 is 1.89 bits per heavy atom. The van der Waals surface area contributed by atoms with E-state index in [-0.39, 0.29) is 30.7 Å². The Morgan fingerprint density at radius 3 is 2.48 bits per heavy atom. The van der Waals surface area contributed by atoms with Gasteiger partial charge in [0.25, 0.3) is 0 Å². The Bertz CT molecular complexity index is 670. The third-order valence-corrected chi connectivity index (χ3v) is 5.04. The molecule has 0 aliphatic heterocycles. The van der Waals surface area contributed by atoms with Crippen LogP contribution in [-0.4, -0.2) is 42.6 Å². The van der Waals surface area contributed by atoms with Gasteiger partial charge in [0.2, 0.25) is 11.8 Å². The molecule has 0 saturated heterocycles. The standard InChI is InChI=1S/C20H28N2O5/c1-13(23)22-18(14-7-3-4-8-14)19(24)21-12-16(20(25)26)11-15-9-5-6-10-17(15)27-2/h5-6,9-10,14,16,18H,3-4,7-8,11-12H2,1-2H3,(H,21,24)(H,22,23)(H,25,26). The summed E-state index contributed by atoms with van der Waals surface area (Å²) < 4.78 is 5.27. The van der Waals surface area contributed by atoms with Crippen molar-refractivity contribution in [1.82, 2.24) is 10.6 Å². The van der Waals surface area contributed by atoms with Crippen molar-refractivity contribution in [2.24, 2.45) is 11.8 Å². The molecule has 2 amide bonds. The smallest absolute Gasteiger partial charge is 0.308 e.